The molecule has 0 N–H and O–H groups in total. The van der Waals surface area contributed by atoms with Crippen LogP contribution in [0.5, 0.6) is 0 Å². The summed E-state index contributed by atoms with van der Waals surface area (Å²) in [6, 6.07) is 1.63. The van der Waals surface area contributed by atoms with E-state index < -0.39 is 15.8 Å². The fraction of sp³-hybridized carbons (Fsp3) is 0.875. The van der Waals surface area contributed by atoms with E-state index in [1.165, 1.54) is 4.31 Å². The average Bonchev–Trinajstić information content (AvgIpc) is 2.39. The summed E-state index contributed by atoms with van der Waals surface area (Å²) in [5.74, 6) is -0.417. The Hall–Kier alpha value is -0.640. The van der Waals surface area contributed by atoms with Crippen LogP contribution in [0.25, 0.3) is 0 Å². The highest BCUT2D eigenvalue weighted by Crippen LogP contribution is 2.31. The van der Waals surface area contributed by atoms with Crippen LogP contribution in [0.1, 0.15) is 12.8 Å². The number of fused-ring (bicyclic) bond motifs is 2. The minimum absolute atomic E-state index is 0.0351. The van der Waals surface area contributed by atoms with Gasteiger partial charge in [-0.15, -0.1) is 0 Å². The Morgan fingerprint density at radius 2 is 1.93 bits per heavy atom. The van der Waals surface area contributed by atoms with E-state index in [2.05, 4.69) is 0 Å². The summed E-state index contributed by atoms with van der Waals surface area (Å²) in [6.45, 7) is 0.947. The van der Waals surface area contributed by atoms with Crippen LogP contribution in [0, 0.1) is 11.3 Å². The van der Waals surface area contributed by atoms with Gasteiger partial charge in [-0.05, 0) is 12.8 Å². The lowest BCUT2D eigenvalue weighted by Crippen LogP contribution is -2.49. The van der Waals surface area contributed by atoms with Crippen molar-refractivity contribution in [1.29, 1.82) is 5.26 Å². The van der Waals surface area contributed by atoms with Gasteiger partial charge in [0, 0.05) is 12.1 Å². The molecule has 2 rings (SSSR count). The fourth-order valence-electron chi connectivity index (χ4n) is 2.20. The summed E-state index contributed by atoms with van der Waals surface area (Å²) in [6.07, 6.45) is 1.71. The number of hydrogen-bond acceptors (Lipinski definition) is 4. The van der Waals surface area contributed by atoms with Crippen molar-refractivity contribution < 1.29 is 13.2 Å². The largest absolute Gasteiger partial charge is 0.378 e. The highest BCUT2D eigenvalue weighted by molar-refractivity contribution is 7.89. The molecule has 0 aromatic heterocycles. The molecule has 2 atom stereocenters. The molecule has 0 aliphatic carbocycles. The quantitative estimate of drug-likeness (QED) is 0.635. The number of nitrogens with zero attached hydrogens (tertiary/aromatic N) is 2. The van der Waals surface area contributed by atoms with Crippen LogP contribution >= 0.6 is 0 Å². The zero-order chi connectivity index (χ0) is 10.2. The van der Waals surface area contributed by atoms with Crippen molar-refractivity contribution in [3.63, 3.8) is 0 Å². The van der Waals surface area contributed by atoms with E-state index in [-0.39, 0.29) is 12.1 Å². The van der Waals surface area contributed by atoms with E-state index in [1.54, 1.807) is 6.07 Å². The van der Waals surface area contributed by atoms with Crippen molar-refractivity contribution in [2.24, 2.45) is 0 Å². The van der Waals surface area contributed by atoms with Gasteiger partial charge in [-0.25, -0.2) is 8.42 Å². The van der Waals surface area contributed by atoms with Gasteiger partial charge in [-0.3, -0.25) is 0 Å². The van der Waals surface area contributed by atoms with Crippen LogP contribution < -0.4 is 0 Å². The molecule has 2 unspecified atom stereocenters. The Kier molecular flexibility index (Phi) is 2.47. The van der Waals surface area contributed by atoms with E-state index in [4.69, 9.17) is 10.00 Å². The molecule has 2 aliphatic heterocycles. The first-order chi connectivity index (χ1) is 6.65. The molecule has 0 amide bonds. The predicted molar refractivity (Wildman–Crippen MR) is 48.9 cm³/mol. The lowest BCUT2D eigenvalue weighted by Gasteiger charge is -2.32. The third-order valence-electron chi connectivity index (χ3n) is 2.74. The molecule has 5 nitrogen and oxygen atoms in total. The van der Waals surface area contributed by atoms with Gasteiger partial charge in [0.2, 0.25) is 10.0 Å². The van der Waals surface area contributed by atoms with Crippen molar-refractivity contribution in [3.8, 4) is 6.07 Å². The van der Waals surface area contributed by atoms with Crippen molar-refractivity contribution in [2.45, 2.75) is 24.9 Å². The lowest BCUT2D eigenvalue weighted by atomic mass is 10.2. The highest BCUT2D eigenvalue weighted by Gasteiger charge is 2.44. The van der Waals surface area contributed by atoms with Gasteiger partial charge in [0.25, 0.3) is 0 Å². The Labute approximate surface area is 83.3 Å². The molecular weight excluding hydrogens is 204 g/mol. The van der Waals surface area contributed by atoms with E-state index in [1.807, 2.05) is 0 Å². The van der Waals surface area contributed by atoms with E-state index in [0.717, 1.165) is 12.8 Å². The van der Waals surface area contributed by atoms with Gasteiger partial charge in [0.1, 0.15) is 0 Å². The molecule has 0 saturated carbocycles. The number of sulfonamides is 1. The normalized spacial score (nSPS) is 32.8. The fourth-order valence-corrected chi connectivity index (χ4v) is 3.75. The summed E-state index contributed by atoms with van der Waals surface area (Å²) in [5, 5.41) is 8.44. The van der Waals surface area contributed by atoms with Crippen LogP contribution in [0.15, 0.2) is 0 Å². The van der Waals surface area contributed by atoms with Crippen molar-refractivity contribution in [2.75, 3.05) is 19.0 Å². The zero-order valence-corrected chi connectivity index (χ0v) is 8.53. The minimum atomic E-state index is -3.38. The van der Waals surface area contributed by atoms with Gasteiger partial charge < -0.3 is 4.74 Å². The minimum Gasteiger partial charge on any atom is -0.378 e. The SMILES string of the molecule is N#CCS(=O)(=O)N1C2CCC1COC2. The van der Waals surface area contributed by atoms with Crippen molar-refractivity contribution in [3.05, 3.63) is 0 Å². The molecule has 0 aromatic carbocycles. The molecule has 0 aromatic rings. The van der Waals surface area contributed by atoms with Crippen molar-refractivity contribution in [1.82, 2.24) is 4.31 Å². The lowest BCUT2D eigenvalue weighted by molar-refractivity contribution is 0.0271. The summed E-state index contributed by atoms with van der Waals surface area (Å²) in [7, 11) is -3.38. The van der Waals surface area contributed by atoms with E-state index >= 15 is 0 Å². The maximum Gasteiger partial charge on any atom is 0.228 e. The summed E-state index contributed by atoms with van der Waals surface area (Å²) in [5.41, 5.74) is 0. The van der Waals surface area contributed by atoms with Crippen LogP contribution in [-0.4, -0.2) is 43.8 Å². The number of nitriles is 1. The van der Waals surface area contributed by atoms with Gasteiger partial charge in [-0.2, -0.15) is 9.57 Å². The first-order valence-electron chi connectivity index (χ1n) is 4.61. The van der Waals surface area contributed by atoms with Gasteiger partial charge >= 0.3 is 0 Å². The summed E-state index contributed by atoms with van der Waals surface area (Å²) >= 11 is 0. The second-order valence-electron chi connectivity index (χ2n) is 3.67. The van der Waals surface area contributed by atoms with Gasteiger partial charge in [0.15, 0.2) is 5.75 Å². The Balaban J connectivity index is 2.23. The summed E-state index contributed by atoms with van der Waals surface area (Å²) < 4.78 is 30.1. The van der Waals surface area contributed by atoms with Crippen molar-refractivity contribution >= 4 is 10.0 Å². The van der Waals surface area contributed by atoms with Gasteiger partial charge in [-0.1, -0.05) is 0 Å². The molecule has 14 heavy (non-hydrogen) atoms. The Morgan fingerprint density at radius 3 is 2.43 bits per heavy atom. The van der Waals surface area contributed by atoms with Crippen LogP contribution in [0.3, 0.4) is 0 Å². The molecular formula is C8H12N2O3S. The monoisotopic (exact) mass is 216 g/mol. The first-order valence-corrected chi connectivity index (χ1v) is 6.22. The molecule has 2 saturated heterocycles. The maximum absolute atomic E-state index is 11.7. The van der Waals surface area contributed by atoms with E-state index in [0.29, 0.717) is 13.2 Å². The third-order valence-corrected chi connectivity index (χ3v) is 4.47. The molecule has 78 valence electrons. The average molecular weight is 216 g/mol. The number of hydrogen-bond donors (Lipinski definition) is 0. The Bertz CT molecular complexity index is 343. The van der Waals surface area contributed by atoms with Crippen LogP contribution in [-0.2, 0) is 14.8 Å². The molecule has 6 heteroatoms. The molecule has 2 heterocycles. The van der Waals surface area contributed by atoms with E-state index in [9.17, 15) is 8.42 Å². The second kappa shape index (κ2) is 3.50. The van der Waals surface area contributed by atoms with Gasteiger partial charge in [0.05, 0.1) is 19.3 Å². The highest BCUT2D eigenvalue weighted by atomic mass is 32.2. The molecule has 0 spiro atoms. The molecule has 2 fully saturated rings. The Morgan fingerprint density at radius 1 is 1.36 bits per heavy atom. The molecule has 2 aliphatic rings. The topological polar surface area (TPSA) is 70.4 Å². The number of morpholine rings is 1. The van der Waals surface area contributed by atoms with Crippen LogP contribution in [0.2, 0.25) is 0 Å². The number of rotatable bonds is 2. The third kappa shape index (κ3) is 1.52. The molecule has 0 radical (unpaired) electrons. The number of ether oxygens (including phenoxy) is 1. The molecule has 2 bridgehead atoms. The summed E-state index contributed by atoms with van der Waals surface area (Å²) in [4.78, 5) is 0. The standard InChI is InChI=1S/C8H12N2O3S/c9-3-4-14(11,12)10-7-1-2-8(10)6-13-5-7/h7-8H,1-2,4-6H2. The smallest absolute Gasteiger partial charge is 0.228 e. The second-order valence-corrected chi connectivity index (χ2v) is 5.54. The predicted octanol–water partition coefficient (Wildman–Crippen LogP) is -0.297. The first kappa shape index (κ1) is 9.90. The zero-order valence-electron chi connectivity index (χ0n) is 7.72. The van der Waals surface area contributed by atoms with Crippen LogP contribution in [0.4, 0.5) is 0 Å². The maximum atomic E-state index is 11.7.